The predicted molar refractivity (Wildman–Crippen MR) is 132 cm³/mol. The monoisotopic (exact) mass is 458 g/mol. The molecule has 0 aromatic heterocycles. The molecule has 0 saturated carbocycles. The van der Waals surface area contributed by atoms with Gasteiger partial charge in [0.05, 0.1) is 22.9 Å². The van der Waals surface area contributed by atoms with Crippen LogP contribution >= 0.6 is 0 Å². The molecule has 3 aromatic carbocycles. The van der Waals surface area contributed by atoms with Crippen LogP contribution in [0.1, 0.15) is 22.6 Å². The first kappa shape index (κ1) is 23.3. The van der Waals surface area contributed by atoms with Crippen molar-refractivity contribution in [2.75, 3.05) is 32.1 Å². The Morgan fingerprint density at radius 2 is 1.85 bits per heavy atom. The summed E-state index contributed by atoms with van der Waals surface area (Å²) in [5.74, 6) is -1.00. The summed E-state index contributed by atoms with van der Waals surface area (Å²) in [6.07, 6.45) is 0.876. The molecule has 0 fully saturated rings. The lowest BCUT2D eigenvalue weighted by Crippen LogP contribution is -2.22. The first-order valence-corrected chi connectivity index (χ1v) is 11.1. The van der Waals surface area contributed by atoms with Gasteiger partial charge in [0.2, 0.25) is 5.91 Å². The van der Waals surface area contributed by atoms with Gasteiger partial charge in [-0.25, -0.2) is 0 Å². The third-order valence-corrected chi connectivity index (χ3v) is 5.68. The maximum atomic E-state index is 13.0. The predicted octanol–water partition coefficient (Wildman–Crippen LogP) is 4.23. The Labute approximate surface area is 197 Å². The summed E-state index contributed by atoms with van der Waals surface area (Å²) in [4.78, 5) is 28.7. The van der Waals surface area contributed by atoms with Gasteiger partial charge in [0.25, 0.3) is 5.69 Å². The molecule has 0 saturated heterocycles. The Balaban J connectivity index is 1.64. The van der Waals surface area contributed by atoms with E-state index in [0.29, 0.717) is 29.3 Å². The number of aliphatic imine (C=N–C) groups is 1. The molecule has 174 valence electrons. The smallest absolute Gasteiger partial charge is 0.269 e. The number of carbonyl (C=O) groups excluding carboxylic acids is 1. The van der Waals surface area contributed by atoms with E-state index in [0.717, 1.165) is 25.1 Å². The number of non-ortho nitro benzene ring substituents is 1. The van der Waals surface area contributed by atoms with Gasteiger partial charge in [0.15, 0.2) is 0 Å². The van der Waals surface area contributed by atoms with Crippen molar-refractivity contribution in [3.05, 3.63) is 99.6 Å². The zero-order chi connectivity index (χ0) is 23.9. The maximum Gasteiger partial charge on any atom is 0.269 e. The summed E-state index contributed by atoms with van der Waals surface area (Å²) in [5, 5.41) is 17.5. The molecule has 1 aliphatic rings. The summed E-state index contributed by atoms with van der Waals surface area (Å²) in [7, 11) is 1.68. The standard InChI is InChI=1S/C26H26N4O4/c1-34-16-15-27-14-13-18-7-9-20(10-8-18)28-25(19-5-3-2-4-6-19)24-22-17-21(30(32)33)11-12-23(22)29-26(24)31/h2-12,17,24,27H,13-16H2,1H3,(H,29,31). The molecule has 0 aliphatic carbocycles. The number of amides is 1. The van der Waals surface area contributed by atoms with Crippen LogP contribution < -0.4 is 10.6 Å². The van der Waals surface area contributed by atoms with Crippen LogP contribution in [0.3, 0.4) is 0 Å². The Kier molecular flexibility index (Phi) is 7.41. The molecule has 4 rings (SSSR count). The number of ether oxygens (including phenoxy) is 1. The van der Waals surface area contributed by atoms with Gasteiger partial charge >= 0.3 is 0 Å². The lowest BCUT2D eigenvalue weighted by atomic mass is 9.90. The summed E-state index contributed by atoms with van der Waals surface area (Å²) < 4.78 is 5.03. The van der Waals surface area contributed by atoms with Crippen LogP contribution in [0.4, 0.5) is 17.1 Å². The van der Waals surface area contributed by atoms with Crippen molar-refractivity contribution in [3.8, 4) is 0 Å². The second-order valence-electron chi connectivity index (χ2n) is 7.97. The average Bonchev–Trinajstić information content (AvgIpc) is 3.18. The van der Waals surface area contributed by atoms with Gasteiger partial charge in [0.1, 0.15) is 5.92 Å². The van der Waals surface area contributed by atoms with Crippen molar-refractivity contribution < 1.29 is 14.5 Å². The largest absolute Gasteiger partial charge is 0.383 e. The Bertz CT molecular complexity index is 1190. The fourth-order valence-corrected chi connectivity index (χ4v) is 3.95. The average molecular weight is 459 g/mol. The van der Waals surface area contributed by atoms with E-state index >= 15 is 0 Å². The van der Waals surface area contributed by atoms with E-state index in [1.165, 1.54) is 17.7 Å². The second-order valence-corrected chi connectivity index (χ2v) is 7.97. The summed E-state index contributed by atoms with van der Waals surface area (Å²) in [5.41, 5.74) is 4.28. The number of nitro groups is 1. The first-order valence-electron chi connectivity index (χ1n) is 11.1. The van der Waals surface area contributed by atoms with E-state index in [9.17, 15) is 14.9 Å². The highest BCUT2D eigenvalue weighted by molar-refractivity contribution is 6.24. The summed E-state index contributed by atoms with van der Waals surface area (Å²) in [6, 6.07) is 21.7. The fourth-order valence-electron chi connectivity index (χ4n) is 3.95. The number of fused-ring (bicyclic) bond motifs is 1. The first-order chi connectivity index (χ1) is 16.6. The number of rotatable bonds is 10. The molecule has 3 aromatic rings. The van der Waals surface area contributed by atoms with Crippen LogP contribution in [0.25, 0.3) is 0 Å². The molecular weight excluding hydrogens is 432 g/mol. The van der Waals surface area contributed by atoms with Crippen molar-refractivity contribution in [1.82, 2.24) is 5.32 Å². The summed E-state index contributed by atoms with van der Waals surface area (Å²) in [6.45, 7) is 2.33. The minimum atomic E-state index is -0.748. The van der Waals surface area contributed by atoms with Gasteiger partial charge in [0, 0.05) is 37.0 Å². The highest BCUT2D eigenvalue weighted by Gasteiger charge is 2.36. The van der Waals surface area contributed by atoms with Crippen molar-refractivity contribution >= 4 is 28.7 Å². The number of methoxy groups -OCH3 is 1. The quantitative estimate of drug-likeness (QED) is 0.205. The van der Waals surface area contributed by atoms with Gasteiger partial charge in [-0.3, -0.25) is 19.9 Å². The number of hydrogen-bond donors (Lipinski definition) is 2. The molecule has 0 spiro atoms. The maximum absolute atomic E-state index is 13.0. The molecule has 1 aliphatic heterocycles. The topological polar surface area (TPSA) is 106 Å². The number of nitrogens with zero attached hydrogens (tertiary/aromatic N) is 2. The Morgan fingerprint density at radius 3 is 2.56 bits per heavy atom. The van der Waals surface area contributed by atoms with Crippen LogP contribution in [-0.2, 0) is 16.0 Å². The van der Waals surface area contributed by atoms with Crippen LogP contribution in [0.2, 0.25) is 0 Å². The lowest BCUT2D eigenvalue weighted by Gasteiger charge is -2.14. The van der Waals surface area contributed by atoms with E-state index in [4.69, 9.17) is 9.73 Å². The van der Waals surface area contributed by atoms with E-state index in [2.05, 4.69) is 10.6 Å². The minimum absolute atomic E-state index is 0.0591. The van der Waals surface area contributed by atoms with Gasteiger partial charge in [-0.05, 0) is 42.3 Å². The van der Waals surface area contributed by atoms with Gasteiger partial charge in [-0.2, -0.15) is 0 Å². The number of benzene rings is 3. The summed E-state index contributed by atoms with van der Waals surface area (Å²) >= 11 is 0. The van der Waals surface area contributed by atoms with Crippen LogP contribution in [-0.4, -0.2) is 43.3 Å². The number of nitrogens with one attached hydrogen (secondary N) is 2. The molecule has 8 nitrogen and oxygen atoms in total. The Morgan fingerprint density at radius 1 is 1.09 bits per heavy atom. The molecule has 1 heterocycles. The van der Waals surface area contributed by atoms with Crippen LogP contribution in [0.15, 0.2) is 77.8 Å². The molecule has 34 heavy (non-hydrogen) atoms. The highest BCUT2D eigenvalue weighted by Crippen LogP contribution is 2.38. The zero-order valence-corrected chi connectivity index (χ0v) is 18.9. The van der Waals surface area contributed by atoms with Crippen molar-refractivity contribution in [1.29, 1.82) is 0 Å². The van der Waals surface area contributed by atoms with E-state index in [1.807, 2.05) is 54.6 Å². The minimum Gasteiger partial charge on any atom is -0.383 e. The zero-order valence-electron chi connectivity index (χ0n) is 18.9. The number of carbonyl (C=O) groups is 1. The molecule has 0 radical (unpaired) electrons. The molecule has 8 heteroatoms. The molecular formula is C26H26N4O4. The van der Waals surface area contributed by atoms with Crippen molar-refractivity contribution in [3.63, 3.8) is 0 Å². The molecule has 1 unspecified atom stereocenters. The van der Waals surface area contributed by atoms with Gasteiger partial charge in [-0.15, -0.1) is 0 Å². The van der Waals surface area contributed by atoms with E-state index in [1.54, 1.807) is 13.2 Å². The molecule has 1 amide bonds. The lowest BCUT2D eigenvalue weighted by molar-refractivity contribution is -0.384. The number of anilines is 1. The highest BCUT2D eigenvalue weighted by atomic mass is 16.6. The third-order valence-electron chi connectivity index (χ3n) is 5.68. The fraction of sp³-hybridized carbons (Fsp3) is 0.231. The van der Waals surface area contributed by atoms with Gasteiger partial charge in [-0.1, -0.05) is 42.5 Å². The molecule has 2 N–H and O–H groups in total. The Hall–Kier alpha value is -3.88. The normalized spacial score (nSPS) is 15.1. The van der Waals surface area contributed by atoms with Crippen molar-refractivity contribution in [2.24, 2.45) is 4.99 Å². The third kappa shape index (κ3) is 5.36. The van der Waals surface area contributed by atoms with Crippen LogP contribution in [0.5, 0.6) is 0 Å². The van der Waals surface area contributed by atoms with E-state index in [-0.39, 0.29) is 11.6 Å². The second kappa shape index (κ2) is 10.8. The van der Waals surface area contributed by atoms with Crippen LogP contribution in [0, 0.1) is 10.1 Å². The SMILES string of the molecule is COCCNCCc1ccc(N=C(c2ccccc2)C2C(=O)Nc3ccc([N+](=O)[O-])cc32)cc1. The number of nitro benzene ring substituents is 1. The van der Waals surface area contributed by atoms with E-state index < -0.39 is 10.8 Å². The molecule has 1 atom stereocenters. The van der Waals surface area contributed by atoms with Crippen molar-refractivity contribution in [2.45, 2.75) is 12.3 Å². The molecule has 0 bridgehead atoms. The number of hydrogen-bond acceptors (Lipinski definition) is 6. The van der Waals surface area contributed by atoms with Gasteiger partial charge < -0.3 is 15.4 Å².